The van der Waals surface area contributed by atoms with Crippen molar-refractivity contribution in [3.8, 4) is 0 Å². The first kappa shape index (κ1) is 17.2. The largest absolute Gasteiger partial charge is 0.316 e. The van der Waals surface area contributed by atoms with E-state index in [1.54, 1.807) is 4.31 Å². The highest BCUT2D eigenvalue weighted by molar-refractivity contribution is 7.87. The first-order chi connectivity index (χ1) is 8.58. The van der Waals surface area contributed by atoms with Gasteiger partial charge in [0.15, 0.2) is 0 Å². The molecule has 0 aliphatic carbocycles. The van der Waals surface area contributed by atoms with E-state index in [2.05, 4.69) is 17.0 Å². The first-order valence-electron chi connectivity index (χ1n) is 7.03. The van der Waals surface area contributed by atoms with E-state index in [0.29, 0.717) is 31.5 Å². The SMILES string of the molecule is CC1CCCN(S(=O)(=O)NCC2CCCNC2)C1.Cl. The van der Waals surface area contributed by atoms with Crippen molar-refractivity contribution in [2.45, 2.75) is 32.6 Å². The van der Waals surface area contributed by atoms with Crippen molar-refractivity contribution >= 4 is 22.6 Å². The molecule has 7 heteroatoms. The lowest BCUT2D eigenvalue weighted by Gasteiger charge is -2.31. The van der Waals surface area contributed by atoms with Crippen LogP contribution in [-0.2, 0) is 10.2 Å². The number of piperidine rings is 2. The van der Waals surface area contributed by atoms with E-state index in [1.807, 2.05) is 0 Å². The highest BCUT2D eigenvalue weighted by Crippen LogP contribution is 2.18. The van der Waals surface area contributed by atoms with Crippen molar-refractivity contribution < 1.29 is 8.42 Å². The number of nitrogens with zero attached hydrogens (tertiary/aromatic N) is 1. The molecule has 2 saturated heterocycles. The predicted octanol–water partition coefficient (Wildman–Crippen LogP) is 0.974. The summed E-state index contributed by atoms with van der Waals surface area (Å²) in [6.45, 7) is 6.01. The van der Waals surface area contributed by atoms with Crippen LogP contribution >= 0.6 is 12.4 Å². The van der Waals surface area contributed by atoms with Gasteiger partial charge < -0.3 is 5.32 Å². The van der Waals surface area contributed by atoms with Gasteiger partial charge in [0.05, 0.1) is 0 Å². The van der Waals surface area contributed by atoms with Gasteiger partial charge in [-0.2, -0.15) is 12.7 Å². The molecule has 5 nitrogen and oxygen atoms in total. The highest BCUT2D eigenvalue weighted by Gasteiger charge is 2.27. The third-order valence-electron chi connectivity index (χ3n) is 3.91. The van der Waals surface area contributed by atoms with Gasteiger partial charge in [0.2, 0.25) is 0 Å². The molecule has 0 aromatic carbocycles. The minimum Gasteiger partial charge on any atom is -0.316 e. The lowest BCUT2D eigenvalue weighted by atomic mass is 10.0. The van der Waals surface area contributed by atoms with Crippen molar-refractivity contribution in [1.82, 2.24) is 14.3 Å². The van der Waals surface area contributed by atoms with E-state index >= 15 is 0 Å². The van der Waals surface area contributed by atoms with E-state index in [9.17, 15) is 8.42 Å². The van der Waals surface area contributed by atoms with Crippen LogP contribution in [0.25, 0.3) is 0 Å². The minimum absolute atomic E-state index is 0. The Hall–Kier alpha value is 0.120. The minimum atomic E-state index is -3.26. The summed E-state index contributed by atoms with van der Waals surface area (Å²) in [6.07, 6.45) is 4.38. The zero-order valence-electron chi connectivity index (χ0n) is 11.6. The molecule has 2 atom stereocenters. The highest BCUT2D eigenvalue weighted by atomic mass is 35.5. The average Bonchev–Trinajstić information content (AvgIpc) is 2.38. The normalized spacial score (nSPS) is 29.7. The summed E-state index contributed by atoms with van der Waals surface area (Å²) in [5.41, 5.74) is 0. The topological polar surface area (TPSA) is 61.4 Å². The van der Waals surface area contributed by atoms with E-state index in [1.165, 1.54) is 0 Å². The number of nitrogens with one attached hydrogen (secondary N) is 2. The average molecular weight is 312 g/mol. The third kappa shape index (κ3) is 5.19. The van der Waals surface area contributed by atoms with Crippen molar-refractivity contribution in [3.05, 3.63) is 0 Å². The quantitative estimate of drug-likeness (QED) is 0.813. The zero-order chi connectivity index (χ0) is 13.0. The van der Waals surface area contributed by atoms with Gasteiger partial charge >= 0.3 is 0 Å². The van der Waals surface area contributed by atoms with Gasteiger partial charge in [0, 0.05) is 19.6 Å². The fourth-order valence-electron chi connectivity index (χ4n) is 2.78. The van der Waals surface area contributed by atoms with Crippen LogP contribution in [0.2, 0.25) is 0 Å². The molecule has 2 aliphatic heterocycles. The second-order valence-electron chi connectivity index (χ2n) is 5.67. The molecule has 2 aliphatic rings. The molecule has 0 saturated carbocycles. The van der Waals surface area contributed by atoms with Crippen LogP contribution in [0.4, 0.5) is 0 Å². The Bertz CT molecular complexity index is 358. The van der Waals surface area contributed by atoms with Crippen LogP contribution in [-0.4, -0.2) is 45.4 Å². The first-order valence-corrected chi connectivity index (χ1v) is 8.47. The molecule has 0 bridgehead atoms. The molecule has 2 N–H and O–H groups in total. The van der Waals surface area contributed by atoms with Gasteiger partial charge in [0.25, 0.3) is 10.2 Å². The smallest absolute Gasteiger partial charge is 0.279 e. The van der Waals surface area contributed by atoms with Gasteiger partial charge in [0.1, 0.15) is 0 Å². The van der Waals surface area contributed by atoms with Gasteiger partial charge in [-0.3, -0.25) is 0 Å². The summed E-state index contributed by atoms with van der Waals surface area (Å²) in [5, 5.41) is 3.31. The third-order valence-corrected chi connectivity index (χ3v) is 5.46. The standard InChI is InChI=1S/C12H25N3O2S.ClH/c1-11-4-3-7-15(10-11)18(16,17)14-9-12-5-2-6-13-8-12;/h11-14H,2-10H2,1H3;1H. The molecule has 0 aromatic heterocycles. The van der Waals surface area contributed by atoms with E-state index in [4.69, 9.17) is 0 Å². The fourth-order valence-corrected chi connectivity index (χ4v) is 4.23. The summed E-state index contributed by atoms with van der Waals surface area (Å²) in [7, 11) is -3.26. The molecule has 0 amide bonds. The number of halogens is 1. The molecule has 2 fully saturated rings. The Balaban J connectivity index is 0.00000180. The van der Waals surface area contributed by atoms with E-state index in [0.717, 1.165) is 38.8 Å². The Labute approximate surface area is 123 Å². The summed E-state index contributed by atoms with van der Waals surface area (Å²) >= 11 is 0. The molecular weight excluding hydrogens is 286 g/mol. The number of hydrogen-bond donors (Lipinski definition) is 2. The van der Waals surface area contributed by atoms with Gasteiger partial charge in [-0.05, 0) is 50.6 Å². The van der Waals surface area contributed by atoms with Crippen LogP contribution in [0.3, 0.4) is 0 Å². The maximum atomic E-state index is 12.2. The van der Waals surface area contributed by atoms with E-state index < -0.39 is 10.2 Å². The van der Waals surface area contributed by atoms with Gasteiger partial charge in [-0.25, -0.2) is 4.72 Å². The molecule has 2 heterocycles. The summed E-state index contributed by atoms with van der Waals surface area (Å²) in [4.78, 5) is 0. The van der Waals surface area contributed by atoms with Crippen LogP contribution in [0.1, 0.15) is 32.6 Å². The molecule has 2 unspecified atom stereocenters. The molecule has 2 rings (SSSR count). The lowest BCUT2D eigenvalue weighted by Crippen LogP contribution is -2.47. The van der Waals surface area contributed by atoms with Crippen molar-refractivity contribution in [2.24, 2.45) is 11.8 Å². The van der Waals surface area contributed by atoms with Gasteiger partial charge in [-0.15, -0.1) is 12.4 Å². The zero-order valence-corrected chi connectivity index (χ0v) is 13.2. The number of hydrogen-bond acceptors (Lipinski definition) is 3. The second-order valence-corrected chi connectivity index (χ2v) is 7.43. The molecule has 19 heavy (non-hydrogen) atoms. The summed E-state index contributed by atoms with van der Waals surface area (Å²) < 4.78 is 28.7. The van der Waals surface area contributed by atoms with Crippen molar-refractivity contribution in [2.75, 3.05) is 32.7 Å². The van der Waals surface area contributed by atoms with Crippen LogP contribution in [0.5, 0.6) is 0 Å². The second kappa shape index (κ2) is 7.78. The summed E-state index contributed by atoms with van der Waals surface area (Å²) in [5.74, 6) is 0.919. The summed E-state index contributed by atoms with van der Waals surface area (Å²) in [6, 6.07) is 0. The maximum Gasteiger partial charge on any atom is 0.279 e. The van der Waals surface area contributed by atoms with Gasteiger partial charge in [-0.1, -0.05) is 6.92 Å². The number of rotatable bonds is 4. The van der Waals surface area contributed by atoms with Crippen LogP contribution in [0, 0.1) is 11.8 Å². The van der Waals surface area contributed by atoms with E-state index in [-0.39, 0.29) is 12.4 Å². The Morgan fingerprint density at radius 1 is 1.32 bits per heavy atom. The van der Waals surface area contributed by atoms with Crippen LogP contribution in [0.15, 0.2) is 0 Å². The Kier molecular flexibility index (Phi) is 7.04. The van der Waals surface area contributed by atoms with Crippen molar-refractivity contribution in [3.63, 3.8) is 0 Å². The lowest BCUT2D eigenvalue weighted by molar-refractivity contribution is 0.276. The van der Waals surface area contributed by atoms with Crippen molar-refractivity contribution in [1.29, 1.82) is 0 Å². The molecular formula is C12H26ClN3O2S. The molecule has 0 radical (unpaired) electrons. The molecule has 114 valence electrons. The monoisotopic (exact) mass is 311 g/mol. The Morgan fingerprint density at radius 2 is 2.11 bits per heavy atom. The predicted molar refractivity (Wildman–Crippen MR) is 79.7 cm³/mol. The molecule has 0 aromatic rings. The fraction of sp³-hybridized carbons (Fsp3) is 1.00. The maximum absolute atomic E-state index is 12.2. The molecule has 0 spiro atoms. The van der Waals surface area contributed by atoms with Crippen LogP contribution < -0.4 is 10.0 Å². The Morgan fingerprint density at radius 3 is 2.74 bits per heavy atom.